The van der Waals surface area contributed by atoms with Crippen LogP contribution in [0.15, 0.2) is 48.8 Å². The van der Waals surface area contributed by atoms with Gasteiger partial charge in [0.25, 0.3) is 5.91 Å². The molecule has 2 aromatic rings. The number of amides is 2. The minimum absolute atomic E-state index is 0.0731. The van der Waals surface area contributed by atoms with Crippen LogP contribution < -0.4 is 22.1 Å². The summed E-state index contributed by atoms with van der Waals surface area (Å²) in [6.07, 6.45) is 3.82. The molecule has 0 atom stereocenters. The molecule has 0 spiro atoms. The van der Waals surface area contributed by atoms with E-state index >= 15 is 0 Å². The quantitative estimate of drug-likeness (QED) is 0.187. The number of allylic oxidation sites excluding steroid dienone is 2. The standard InChI is InChI=1S/C22H20N6O5/c1-11(29)27-18-7-16(19(30)8-14(18)13(10-25)4-5-23)20(26)21(31)28-17-3-2-12(9-24)6-15(17)22(32)33/h2-8,10,26,30H,23,25H2,1H3,(H,27,29)(H,28,31)(H,32,33)/b5-4-,13-10+,26-20?. The Bertz CT molecular complexity index is 1260. The van der Waals surface area contributed by atoms with E-state index < -0.39 is 29.2 Å². The number of rotatable bonds is 7. The van der Waals surface area contributed by atoms with Crippen molar-refractivity contribution in [1.29, 1.82) is 10.7 Å². The zero-order valence-electron chi connectivity index (χ0n) is 17.3. The molecular weight excluding hydrogens is 428 g/mol. The molecule has 0 aliphatic carbocycles. The van der Waals surface area contributed by atoms with E-state index in [1.807, 2.05) is 0 Å². The number of nitriles is 1. The second-order valence-electron chi connectivity index (χ2n) is 6.58. The number of carboxylic acid groups (broad SMARTS) is 1. The molecule has 0 unspecified atom stereocenters. The Morgan fingerprint density at radius 2 is 1.76 bits per heavy atom. The minimum Gasteiger partial charge on any atom is -0.507 e. The van der Waals surface area contributed by atoms with E-state index in [0.717, 1.165) is 6.07 Å². The molecule has 9 N–H and O–H groups in total. The number of nitrogens with zero attached hydrogens (tertiary/aromatic N) is 1. The van der Waals surface area contributed by atoms with Gasteiger partial charge in [0.05, 0.1) is 22.9 Å². The fraction of sp³-hybridized carbons (Fsp3) is 0.0455. The molecule has 168 valence electrons. The van der Waals surface area contributed by atoms with E-state index in [0.29, 0.717) is 5.57 Å². The molecule has 11 nitrogen and oxygen atoms in total. The van der Waals surface area contributed by atoms with E-state index in [4.69, 9.17) is 22.1 Å². The van der Waals surface area contributed by atoms with Gasteiger partial charge in [0.15, 0.2) is 0 Å². The second-order valence-corrected chi connectivity index (χ2v) is 6.58. The highest BCUT2D eigenvalue weighted by Crippen LogP contribution is 2.32. The molecule has 0 aromatic heterocycles. The van der Waals surface area contributed by atoms with Crippen molar-refractivity contribution in [2.24, 2.45) is 11.5 Å². The predicted molar refractivity (Wildman–Crippen MR) is 121 cm³/mol. The van der Waals surface area contributed by atoms with Gasteiger partial charge in [0, 0.05) is 35.5 Å². The number of carboxylic acids is 1. The van der Waals surface area contributed by atoms with Gasteiger partial charge in [-0.15, -0.1) is 0 Å². The summed E-state index contributed by atoms with van der Waals surface area (Å²) in [5.74, 6) is -3.35. The third-order valence-electron chi connectivity index (χ3n) is 4.34. The van der Waals surface area contributed by atoms with Crippen LogP contribution in [0.25, 0.3) is 5.57 Å². The Kier molecular flexibility index (Phi) is 7.52. The van der Waals surface area contributed by atoms with Crippen molar-refractivity contribution in [2.45, 2.75) is 6.92 Å². The summed E-state index contributed by atoms with van der Waals surface area (Å²) in [6, 6.07) is 7.80. The van der Waals surface area contributed by atoms with Gasteiger partial charge in [-0.05, 0) is 42.6 Å². The Labute approximate surface area is 188 Å². The lowest BCUT2D eigenvalue weighted by molar-refractivity contribution is -0.114. The van der Waals surface area contributed by atoms with Gasteiger partial charge in [-0.2, -0.15) is 5.26 Å². The van der Waals surface area contributed by atoms with Gasteiger partial charge in [0.1, 0.15) is 11.5 Å². The summed E-state index contributed by atoms with van der Waals surface area (Å²) in [5.41, 5.74) is 10.4. The van der Waals surface area contributed by atoms with Gasteiger partial charge >= 0.3 is 5.97 Å². The minimum atomic E-state index is -1.39. The molecule has 0 heterocycles. The van der Waals surface area contributed by atoms with E-state index in [-0.39, 0.29) is 33.6 Å². The van der Waals surface area contributed by atoms with Crippen LogP contribution in [0.1, 0.15) is 34.0 Å². The van der Waals surface area contributed by atoms with Crippen molar-refractivity contribution >= 4 is 40.4 Å². The molecule has 0 fully saturated rings. The largest absolute Gasteiger partial charge is 0.507 e. The highest BCUT2D eigenvalue weighted by molar-refractivity contribution is 6.48. The first-order valence-corrected chi connectivity index (χ1v) is 9.25. The molecule has 2 aromatic carbocycles. The lowest BCUT2D eigenvalue weighted by Gasteiger charge is -2.15. The number of nitrogens with two attached hydrogens (primary N) is 2. The van der Waals surface area contributed by atoms with Crippen LogP contribution >= 0.6 is 0 Å². The average Bonchev–Trinajstić information content (AvgIpc) is 2.77. The Hall–Kier alpha value is -5.11. The van der Waals surface area contributed by atoms with Gasteiger partial charge in [-0.3, -0.25) is 15.0 Å². The number of carbonyl (C=O) groups excluding carboxylic acids is 2. The predicted octanol–water partition coefficient (Wildman–Crippen LogP) is 1.70. The molecule has 0 saturated heterocycles. The molecule has 0 aliphatic rings. The molecule has 0 radical (unpaired) electrons. The number of phenols is 1. The number of anilines is 2. The fourth-order valence-corrected chi connectivity index (χ4v) is 2.87. The molecule has 0 saturated carbocycles. The van der Waals surface area contributed by atoms with Crippen LogP contribution in [0.4, 0.5) is 11.4 Å². The van der Waals surface area contributed by atoms with Crippen LogP contribution in [0.2, 0.25) is 0 Å². The van der Waals surface area contributed by atoms with E-state index in [2.05, 4.69) is 10.6 Å². The van der Waals surface area contributed by atoms with E-state index in [9.17, 15) is 24.6 Å². The molecule has 2 amide bonds. The molecule has 2 rings (SSSR count). The van der Waals surface area contributed by atoms with Gasteiger partial charge in [-0.1, -0.05) is 0 Å². The molecular formula is C22H20N6O5. The van der Waals surface area contributed by atoms with E-state index in [1.165, 1.54) is 49.7 Å². The highest BCUT2D eigenvalue weighted by Gasteiger charge is 2.22. The SMILES string of the molecule is CC(=O)Nc1cc(C(=N)C(=O)Nc2ccc(C#N)cc2C(=O)O)c(O)cc1C(/C=C\N)=C/N. The van der Waals surface area contributed by atoms with Crippen LogP contribution in [-0.2, 0) is 9.59 Å². The number of phenolic OH excluding ortho intramolecular Hbond substituents is 1. The zero-order valence-corrected chi connectivity index (χ0v) is 17.3. The number of hydrogen-bond donors (Lipinski definition) is 7. The monoisotopic (exact) mass is 448 g/mol. The average molecular weight is 448 g/mol. The highest BCUT2D eigenvalue weighted by atomic mass is 16.4. The number of aromatic hydroxyl groups is 1. The maximum atomic E-state index is 12.7. The molecule has 0 aliphatic heterocycles. The topological polar surface area (TPSA) is 215 Å². The van der Waals surface area contributed by atoms with E-state index in [1.54, 1.807) is 6.07 Å². The molecule has 0 bridgehead atoms. The Morgan fingerprint density at radius 3 is 2.30 bits per heavy atom. The number of carbonyl (C=O) groups is 3. The fourth-order valence-electron chi connectivity index (χ4n) is 2.87. The summed E-state index contributed by atoms with van der Waals surface area (Å²) in [4.78, 5) is 35.8. The second kappa shape index (κ2) is 10.3. The first kappa shape index (κ1) is 24.2. The summed E-state index contributed by atoms with van der Waals surface area (Å²) in [5, 5.41) is 41.8. The maximum absolute atomic E-state index is 12.7. The van der Waals surface area contributed by atoms with Crippen molar-refractivity contribution in [1.82, 2.24) is 0 Å². The summed E-state index contributed by atoms with van der Waals surface area (Å²) in [7, 11) is 0. The van der Waals surface area contributed by atoms with Crippen molar-refractivity contribution in [3.8, 4) is 11.8 Å². The van der Waals surface area contributed by atoms with Crippen molar-refractivity contribution in [3.63, 3.8) is 0 Å². The lowest BCUT2D eigenvalue weighted by Crippen LogP contribution is -2.24. The first-order valence-electron chi connectivity index (χ1n) is 9.25. The Morgan fingerprint density at radius 1 is 1.06 bits per heavy atom. The number of aromatic carboxylic acids is 1. The van der Waals surface area contributed by atoms with Gasteiger partial charge in [0.2, 0.25) is 5.91 Å². The van der Waals surface area contributed by atoms with Crippen LogP contribution in [0.3, 0.4) is 0 Å². The summed E-state index contributed by atoms with van der Waals surface area (Å²) >= 11 is 0. The smallest absolute Gasteiger partial charge is 0.337 e. The number of hydrogen-bond acceptors (Lipinski definition) is 8. The van der Waals surface area contributed by atoms with Crippen molar-refractivity contribution in [2.75, 3.05) is 10.6 Å². The maximum Gasteiger partial charge on any atom is 0.337 e. The van der Waals surface area contributed by atoms with Crippen LogP contribution in [0, 0.1) is 16.7 Å². The number of benzene rings is 2. The third-order valence-corrected chi connectivity index (χ3v) is 4.34. The van der Waals surface area contributed by atoms with Crippen LogP contribution in [0.5, 0.6) is 5.75 Å². The summed E-state index contributed by atoms with van der Waals surface area (Å²) < 4.78 is 0. The Balaban J connectivity index is 2.49. The third kappa shape index (κ3) is 5.53. The van der Waals surface area contributed by atoms with Crippen molar-refractivity contribution < 1.29 is 24.6 Å². The zero-order chi connectivity index (χ0) is 24.7. The summed E-state index contributed by atoms with van der Waals surface area (Å²) in [6.45, 7) is 1.25. The number of nitrogens with one attached hydrogen (secondary N) is 3. The van der Waals surface area contributed by atoms with Crippen LogP contribution in [-0.4, -0.2) is 33.7 Å². The molecule has 11 heteroatoms. The first-order chi connectivity index (χ1) is 15.6. The molecule has 33 heavy (non-hydrogen) atoms. The normalized spacial score (nSPS) is 11.0. The lowest BCUT2D eigenvalue weighted by atomic mass is 9.98. The van der Waals surface area contributed by atoms with Gasteiger partial charge < -0.3 is 32.3 Å². The van der Waals surface area contributed by atoms with Gasteiger partial charge in [-0.25, -0.2) is 4.79 Å². The van der Waals surface area contributed by atoms with Crippen molar-refractivity contribution in [3.05, 3.63) is 71.1 Å².